The minimum Gasteiger partial charge on any atom is -0.458 e. The predicted molar refractivity (Wildman–Crippen MR) is 334 cm³/mol. The largest absolute Gasteiger partial charge is 0.458 e. The van der Waals surface area contributed by atoms with Gasteiger partial charge in [0, 0.05) is 23.0 Å². The number of aromatic nitrogens is 4. The van der Waals surface area contributed by atoms with E-state index in [9.17, 15) is 19.2 Å². The van der Waals surface area contributed by atoms with E-state index in [1.807, 2.05) is 99.6 Å². The summed E-state index contributed by atoms with van der Waals surface area (Å²) in [5.74, 6) is 1.39. The van der Waals surface area contributed by atoms with Gasteiger partial charge in [-0.25, -0.2) is 4.98 Å². The molecule has 0 bridgehead atoms. The van der Waals surface area contributed by atoms with Crippen molar-refractivity contribution in [1.82, 2.24) is 14.1 Å². The SMILES string of the molecule is [2H]c1c([2H])c([2H])c(-c2cccc(-c3cccc(C(C)(C)C)c3)c2-[n+]2[c-]n(-c3cccc(Oc4ccc5c6ccccc6n(-c6cc(C(C)(C)C)ccn6)c5c4)c3)c3cc([Si](c4c([2H])c([2H])c([2H])c([2H])c4[2H])(c4c([2H])c([2H])c([2H])c([2H])c4[2H])c4c([2H])c([2H])c([2H])c([2H])c4[2H])ccc32)c([2H])c1[2H]. The second-order valence-corrected chi connectivity index (χ2v) is 25.1. The van der Waals surface area contributed by atoms with Crippen LogP contribution in [0.2, 0.25) is 0 Å². The molecule has 0 aliphatic carbocycles. The number of para-hydroxylation sites is 2. The molecule has 0 saturated heterocycles. The fourth-order valence-corrected chi connectivity index (χ4v) is 14.5. The molecule has 13 aromatic rings. The molecular formula is C74H62N4OSi. The monoisotopic (exact) mass is 1070 g/mol. The first-order chi connectivity index (χ1) is 47.2. The molecular weight excluding hydrogens is 989 g/mol. The van der Waals surface area contributed by atoms with Crippen LogP contribution in [0.3, 0.4) is 0 Å². The summed E-state index contributed by atoms with van der Waals surface area (Å²) in [6.07, 6.45) is 5.33. The molecule has 0 amide bonds. The van der Waals surface area contributed by atoms with Crippen LogP contribution in [-0.4, -0.2) is 22.2 Å². The van der Waals surface area contributed by atoms with Gasteiger partial charge in [-0.1, -0.05) is 247 Å². The number of imidazole rings is 1. The number of benzene rings is 10. The molecule has 0 unspecified atom stereocenters. The van der Waals surface area contributed by atoms with Gasteiger partial charge in [0.05, 0.1) is 60.9 Å². The second kappa shape index (κ2) is 20.1. The van der Waals surface area contributed by atoms with E-state index in [1.54, 1.807) is 51.7 Å². The van der Waals surface area contributed by atoms with Gasteiger partial charge in [-0.2, -0.15) is 0 Å². The summed E-state index contributed by atoms with van der Waals surface area (Å²) >= 11 is 0. The van der Waals surface area contributed by atoms with Gasteiger partial charge in [0.25, 0.3) is 6.33 Å². The van der Waals surface area contributed by atoms with Crippen LogP contribution in [-0.2, 0) is 10.8 Å². The van der Waals surface area contributed by atoms with Gasteiger partial charge in [-0.15, -0.1) is 0 Å². The zero-order valence-corrected chi connectivity index (χ0v) is 45.6. The number of ether oxygens (including phenoxy) is 1. The van der Waals surface area contributed by atoms with Crippen LogP contribution in [0.25, 0.3) is 72.3 Å². The molecule has 6 heteroatoms. The average molecular weight is 1070 g/mol. The van der Waals surface area contributed by atoms with Crippen molar-refractivity contribution in [2.45, 2.75) is 52.4 Å². The van der Waals surface area contributed by atoms with Crippen LogP contribution in [0.5, 0.6) is 11.5 Å². The summed E-state index contributed by atoms with van der Waals surface area (Å²) in [4.78, 5) is 4.86. The lowest BCUT2D eigenvalue weighted by Crippen LogP contribution is -2.74. The summed E-state index contributed by atoms with van der Waals surface area (Å²) in [6.45, 7) is 12.5. The summed E-state index contributed by atoms with van der Waals surface area (Å²) in [7, 11) is -5.73. The zero-order valence-electron chi connectivity index (χ0n) is 64.6. The summed E-state index contributed by atoms with van der Waals surface area (Å²) in [5.41, 5.74) is 5.02. The van der Waals surface area contributed by atoms with Crippen LogP contribution in [0.1, 0.15) is 80.1 Å². The lowest BCUT2D eigenvalue weighted by atomic mass is 9.85. The lowest BCUT2D eigenvalue weighted by molar-refractivity contribution is -0.571. The Balaban J connectivity index is 1.17. The molecule has 0 radical (unpaired) electrons. The summed E-state index contributed by atoms with van der Waals surface area (Å²) in [6, 6.07) is 25.1. The number of hydrogen-bond donors (Lipinski definition) is 0. The molecule has 80 heavy (non-hydrogen) atoms. The van der Waals surface area contributed by atoms with Gasteiger partial charge >= 0.3 is 0 Å². The first-order valence-electron chi connectivity index (χ1n) is 36.0. The highest BCUT2D eigenvalue weighted by atomic mass is 28.3. The number of rotatable bonds is 11. The molecule has 0 spiro atoms. The fraction of sp³-hybridized carbons (Fsp3) is 0.108. The highest BCUT2D eigenvalue weighted by molar-refractivity contribution is 7.20. The Morgan fingerprint density at radius 2 is 1.06 bits per heavy atom. The van der Waals surface area contributed by atoms with Crippen molar-refractivity contribution in [3.63, 3.8) is 0 Å². The Morgan fingerprint density at radius 3 is 1.74 bits per heavy atom. The first kappa shape index (κ1) is 32.5. The molecule has 0 fully saturated rings. The third kappa shape index (κ3) is 8.92. The Labute approximate surface area is 498 Å². The van der Waals surface area contributed by atoms with Crippen molar-refractivity contribution in [2.24, 2.45) is 0 Å². The van der Waals surface area contributed by atoms with Gasteiger partial charge in [0.1, 0.15) is 17.3 Å². The van der Waals surface area contributed by atoms with E-state index in [-0.39, 0.29) is 44.2 Å². The molecule has 13 rings (SSSR count). The third-order valence-corrected chi connectivity index (χ3v) is 18.8. The van der Waals surface area contributed by atoms with Crippen molar-refractivity contribution >= 4 is 61.7 Å². The van der Waals surface area contributed by atoms with Crippen molar-refractivity contribution in [1.29, 1.82) is 0 Å². The average Bonchev–Trinajstić information content (AvgIpc) is 1.65. The van der Waals surface area contributed by atoms with Crippen molar-refractivity contribution in [3.05, 3.63) is 284 Å². The van der Waals surface area contributed by atoms with E-state index in [1.165, 1.54) is 18.2 Å². The highest BCUT2D eigenvalue weighted by Crippen LogP contribution is 2.39. The normalized spacial score (nSPS) is 15.6. The Morgan fingerprint density at radius 1 is 0.475 bits per heavy atom. The van der Waals surface area contributed by atoms with Gasteiger partial charge in [0.2, 0.25) is 0 Å². The maximum absolute atomic E-state index is 9.85. The van der Waals surface area contributed by atoms with Crippen LogP contribution >= 0.6 is 0 Å². The molecule has 0 aliphatic rings. The van der Waals surface area contributed by atoms with Gasteiger partial charge in [-0.3, -0.25) is 13.7 Å². The van der Waals surface area contributed by atoms with E-state index < -0.39 is 150 Å². The maximum Gasteiger partial charge on any atom is 0.269 e. The molecule has 388 valence electrons. The summed E-state index contributed by atoms with van der Waals surface area (Å²) < 4.78 is 198. The van der Waals surface area contributed by atoms with Crippen LogP contribution in [0, 0.1) is 6.33 Å². The molecule has 0 aliphatic heterocycles. The molecule has 3 aromatic heterocycles. The fourth-order valence-electron chi connectivity index (χ4n) is 10.7. The first-order valence-corrected chi connectivity index (χ1v) is 28.0. The van der Waals surface area contributed by atoms with Crippen molar-refractivity contribution < 1.29 is 36.7 Å². The van der Waals surface area contributed by atoms with Gasteiger partial charge < -0.3 is 4.74 Å². The van der Waals surface area contributed by atoms with E-state index in [2.05, 4.69) is 37.7 Å². The van der Waals surface area contributed by atoms with Crippen LogP contribution in [0.15, 0.2) is 267 Å². The minimum atomic E-state index is -5.73. The molecule has 3 heterocycles. The molecule has 0 saturated carbocycles. The molecule has 0 atom stereocenters. The van der Waals surface area contributed by atoms with Crippen LogP contribution < -0.4 is 30.1 Å². The Bertz CT molecular complexity index is 5380. The maximum atomic E-state index is 9.85. The quantitative estimate of drug-likeness (QED) is 0.0560. The van der Waals surface area contributed by atoms with Gasteiger partial charge in [0.15, 0.2) is 8.07 Å². The van der Waals surface area contributed by atoms with E-state index in [0.29, 0.717) is 28.4 Å². The molecule has 10 aromatic carbocycles. The number of nitrogens with zero attached hydrogens (tertiary/aromatic N) is 4. The smallest absolute Gasteiger partial charge is 0.269 e. The molecule has 0 N–H and O–H groups in total. The zero-order chi connectivity index (χ0) is 72.0. The Kier molecular flexibility index (Phi) is 8.18. The van der Waals surface area contributed by atoms with Crippen molar-refractivity contribution in [2.75, 3.05) is 0 Å². The number of pyridine rings is 1. The number of fused-ring (bicyclic) bond motifs is 4. The standard InChI is InChI=1S/C74H62N4OSi/c1-73(2,3)54-27-21-26-53(46-54)64-38-23-37-63(52-24-11-7-12-25-52)72(64)77-51-76(70-50-62(41-43-68(70)77)80(59-30-13-8-14-31-59,60-32-15-9-16-33-60)61-34-17-10-18-35-61)56-28-22-29-57(48-56)79-58-40-42-66-65-36-19-20-39-67(65)78(69(66)49-58)71-47-55(44-45-75-71)74(4,5)6/h7-50H,1-6H3/i7D,8D,9D,10D,11D,12D,13D,14D,15D,16D,17D,18D,24D,25D,30D,31D,32D,33D,34D,35D. The molecule has 5 nitrogen and oxygen atoms in total. The van der Waals surface area contributed by atoms with Crippen LogP contribution in [0.4, 0.5) is 0 Å². The number of hydrogen-bond acceptors (Lipinski definition) is 2. The lowest BCUT2D eigenvalue weighted by Gasteiger charge is -2.34. The summed E-state index contributed by atoms with van der Waals surface area (Å²) in [5, 5.41) is -0.361. The third-order valence-electron chi connectivity index (χ3n) is 14.6. The minimum absolute atomic E-state index is 0.0970. The van der Waals surface area contributed by atoms with E-state index in [4.69, 9.17) is 17.9 Å². The van der Waals surface area contributed by atoms with Crippen molar-refractivity contribution in [3.8, 4) is 50.9 Å². The predicted octanol–water partition coefficient (Wildman–Crippen LogP) is 15.3. The van der Waals surface area contributed by atoms with E-state index in [0.717, 1.165) is 32.9 Å². The second-order valence-electron chi connectivity index (χ2n) is 21.5. The highest BCUT2D eigenvalue weighted by Gasteiger charge is 2.41. The van der Waals surface area contributed by atoms with Gasteiger partial charge in [-0.05, 0) is 113 Å². The Hall–Kier alpha value is -9.36. The van der Waals surface area contributed by atoms with E-state index >= 15 is 0 Å². The topological polar surface area (TPSA) is 35.9 Å².